The van der Waals surface area contributed by atoms with Crippen molar-refractivity contribution in [3.8, 4) is 0 Å². The second kappa shape index (κ2) is 8.03. The Balaban J connectivity index is 2.19. The summed E-state index contributed by atoms with van der Waals surface area (Å²) in [6.07, 6.45) is 4.31. The number of hydrogen-bond donors (Lipinski definition) is 3. The molecule has 0 aromatic rings. The standard InChI is InChI=1S/C13H27NO3/c1-10(2)17-9-12(16)7-14-13-6-4-3-5-11(13)8-15/h10-16H,3-9H2,1-2H3. The second-order valence-corrected chi connectivity index (χ2v) is 5.28. The summed E-state index contributed by atoms with van der Waals surface area (Å²) < 4.78 is 5.36. The van der Waals surface area contributed by atoms with E-state index in [-0.39, 0.29) is 12.7 Å². The van der Waals surface area contributed by atoms with Crippen LogP contribution in [0, 0.1) is 5.92 Å². The molecule has 1 aliphatic rings. The lowest BCUT2D eigenvalue weighted by Gasteiger charge is -2.31. The summed E-state index contributed by atoms with van der Waals surface area (Å²) in [4.78, 5) is 0. The van der Waals surface area contributed by atoms with Crippen molar-refractivity contribution in [3.63, 3.8) is 0 Å². The monoisotopic (exact) mass is 245 g/mol. The largest absolute Gasteiger partial charge is 0.396 e. The first-order valence-electron chi connectivity index (χ1n) is 6.77. The molecular formula is C13H27NO3. The molecule has 3 N–H and O–H groups in total. The quantitative estimate of drug-likeness (QED) is 0.624. The van der Waals surface area contributed by atoms with E-state index in [1.165, 1.54) is 12.8 Å². The van der Waals surface area contributed by atoms with Crippen molar-refractivity contribution in [2.24, 2.45) is 5.92 Å². The third kappa shape index (κ3) is 5.82. The first-order valence-corrected chi connectivity index (χ1v) is 6.77. The van der Waals surface area contributed by atoms with E-state index in [1.807, 2.05) is 13.8 Å². The lowest BCUT2D eigenvalue weighted by molar-refractivity contribution is 0.00346. The SMILES string of the molecule is CC(C)OCC(O)CNC1CCCCC1CO. The minimum Gasteiger partial charge on any atom is -0.396 e. The van der Waals surface area contributed by atoms with Crippen LogP contribution in [0.1, 0.15) is 39.5 Å². The van der Waals surface area contributed by atoms with E-state index in [0.717, 1.165) is 12.8 Å². The van der Waals surface area contributed by atoms with Crippen molar-refractivity contribution in [3.05, 3.63) is 0 Å². The molecule has 4 nitrogen and oxygen atoms in total. The number of hydrogen-bond acceptors (Lipinski definition) is 4. The molecule has 0 saturated heterocycles. The molecule has 0 bridgehead atoms. The highest BCUT2D eigenvalue weighted by Gasteiger charge is 2.24. The maximum atomic E-state index is 9.74. The third-order valence-electron chi connectivity index (χ3n) is 3.38. The van der Waals surface area contributed by atoms with Crippen LogP contribution in [0.4, 0.5) is 0 Å². The molecule has 3 atom stereocenters. The zero-order valence-corrected chi connectivity index (χ0v) is 11.1. The van der Waals surface area contributed by atoms with Gasteiger partial charge in [-0.15, -0.1) is 0 Å². The highest BCUT2D eigenvalue weighted by Crippen LogP contribution is 2.23. The number of ether oxygens (including phenoxy) is 1. The normalized spacial score (nSPS) is 27.4. The molecule has 3 unspecified atom stereocenters. The Bertz CT molecular complexity index is 199. The molecule has 4 heteroatoms. The molecule has 0 aromatic carbocycles. The second-order valence-electron chi connectivity index (χ2n) is 5.28. The van der Waals surface area contributed by atoms with E-state index in [9.17, 15) is 10.2 Å². The Labute approximate surface area is 104 Å². The fourth-order valence-corrected chi connectivity index (χ4v) is 2.34. The minimum absolute atomic E-state index is 0.157. The molecule has 1 aliphatic carbocycles. The first-order chi connectivity index (χ1) is 8.13. The van der Waals surface area contributed by atoms with Crippen molar-refractivity contribution >= 4 is 0 Å². The minimum atomic E-state index is -0.460. The van der Waals surface area contributed by atoms with Gasteiger partial charge in [0.25, 0.3) is 0 Å². The smallest absolute Gasteiger partial charge is 0.0897 e. The van der Waals surface area contributed by atoms with Gasteiger partial charge in [-0.2, -0.15) is 0 Å². The first kappa shape index (κ1) is 14.9. The molecule has 1 rings (SSSR count). The van der Waals surface area contributed by atoms with Crippen molar-refractivity contribution in [2.75, 3.05) is 19.8 Å². The van der Waals surface area contributed by atoms with Gasteiger partial charge in [-0.25, -0.2) is 0 Å². The topological polar surface area (TPSA) is 61.7 Å². The van der Waals surface area contributed by atoms with Crippen LogP contribution in [0.5, 0.6) is 0 Å². The molecular weight excluding hydrogens is 218 g/mol. The predicted octanol–water partition coefficient (Wildman–Crippen LogP) is 0.913. The van der Waals surface area contributed by atoms with E-state index in [4.69, 9.17) is 4.74 Å². The molecule has 1 fully saturated rings. The average molecular weight is 245 g/mol. The van der Waals surface area contributed by atoms with Gasteiger partial charge in [0.2, 0.25) is 0 Å². The maximum Gasteiger partial charge on any atom is 0.0897 e. The zero-order chi connectivity index (χ0) is 12.7. The Hall–Kier alpha value is -0.160. The van der Waals surface area contributed by atoms with E-state index in [2.05, 4.69) is 5.32 Å². The fraction of sp³-hybridized carbons (Fsp3) is 1.00. The van der Waals surface area contributed by atoms with Crippen molar-refractivity contribution in [2.45, 2.75) is 57.8 Å². The highest BCUT2D eigenvalue weighted by molar-refractivity contribution is 4.81. The Morgan fingerprint density at radius 1 is 1.29 bits per heavy atom. The van der Waals surface area contributed by atoms with Gasteiger partial charge >= 0.3 is 0 Å². The van der Waals surface area contributed by atoms with Crippen LogP contribution in [-0.2, 0) is 4.74 Å². The van der Waals surface area contributed by atoms with E-state index < -0.39 is 6.10 Å². The summed E-state index contributed by atoms with van der Waals surface area (Å²) in [6.45, 7) is 5.09. The van der Waals surface area contributed by atoms with Gasteiger partial charge in [-0.05, 0) is 32.6 Å². The van der Waals surface area contributed by atoms with Crippen molar-refractivity contribution < 1.29 is 14.9 Å². The van der Waals surface area contributed by atoms with Crippen LogP contribution in [0.25, 0.3) is 0 Å². The predicted molar refractivity (Wildman–Crippen MR) is 67.9 cm³/mol. The van der Waals surface area contributed by atoms with Gasteiger partial charge in [0.05, 0.1) is 18.8 Å². The average Bonchev–Trinajstić information content (AvgIpc) is 2.34. The zero-order valence-electron chi connectivity index (χ0n) is 11.1. The number of aliphatic hydroxyl groups is 2. The molecule has 0 heterocycles. The van der Waals surface area contributed by atoms with Gasteiger partial charge in [0, 0.05) is 19.2 Å². The van der Waals surface area contributed by atoms with Gasteiger partial charge in [0.15, 0.2) is 0 Å². The summed E-state index contributed by atoms with van der Waals surface area (Å²) >= 11 is 0. The van der Waals surface area contributed by atoms with E-state index in [1.54, 1.807) is 0 Å². The van der Waals surface area contributed by atoms with E-state index in [0.29, 0.717) is 25.1 Å². The molecule has 102 valence electrons. The summed E-state index contributed by atoms with van der Waals surface area (Å²) in [5, 5.41) is 22.4. The fourth-order valence-electron chi connectivity index (χ4n) is 2.34. The summed E-state index contributed by atoms with van der Waals surface area (Å²) in [5.41, 5.74) is 0. The van der Waals surface area contributed by atoms with Crippen LogP contribution in [-0.4, -0.2) is 48.2 Å². The van der Waals surface area contributed by atoms with Gasteiger partial charge < -0.3 is 20.3 Å². The molecule has 17 heavy (non-hydrogen) atoms. The van der Waals surface area contributed by atoms with E-state index >= 15 is 0 Å². The molecule has 0 radical (unpaired) electrons. The molecule has 0 aliphatic heterocycles. The number of rotatable bonds is 7. The molecule has 0 spiro atoms. The van der Waals surface area contributed by atoms with Crippen LogP contribution in [0.3, 0.4) is 0 Å². The Morgan fingerprint density at radius 3 is 2.65 bits per heavy atom. The molecule has 1 saturated carbocycles. The van der Waals surface area contributed by atoms with Gasteiger partial charge in [0.1, 0.15) is 0 Å². The highest BCUT2D eigenvalue weighted by atomic mass is 16.5. The lowest BCUT2D eigenvalue weighted by atomic mass is 9.85. The summed E-state index contributed by atoms with van der Waals surface area (Å²) in [6, 6.07) is 0.349. The van der Waals surface area contributed by atoms with Crippen LogP contribution >= 0.6 is 0 Å². The lowest BCUT2D eigenvalue weighted by Crippen LogP contribution is -2.44. The maximum absolute atomic E-state index is 9.74. The third-order valence-corrected chi connectivity index (χ3v) is 3.38. The molecule has 0 aromatic heterocycles. The van der Waals surface area contributed by atoms with Gasteiger partial charge in [-0.1, -0.05) is 12.8 Å². The van der Waals surface area contributed by atoms with Crippen LogP contribution < -0.4 is 5.32 Å². The summed E-state index contributed by atoms with van der Waals surface area (Å²) in [7, 11) is 0. The van der Waals surface area contributed by atoms with Gasteiger partial charge in [-0.3, -0.25) is 0 Å². The van der Waals surface area contributed by atoms with Crippen LogP contribution in [0.15, 0.2) is 0 Å². The Kier molecular flexibility index (Phi) is 7.04. The van der Waals surface area contributed by atoms with Crippen molar-refractivity contribution in [1.29, 1.82) is 0 Å². The number of aliphatic hydroxyl groups excluding tert-OH is 2. The molecule has 0 amide bonds. The summed E-state index contributed by atoms with van der Waals surface area (Å²) in [5.74, 6) is 0.349. The van der Waals surface area contributed by atoms with Crippen molar-refractivity contribution in [1.82, 2.24) is 5.32 Å². The number of nitrogens with one attached hydrogen (secondary N) is 1. The van der Waals surface area contributed by atoms with Crippen LogP contribution in [0.2, 0.25) is 0 Å². The Morgan fingerprint density at radius 2 is 2.00 bits per heavy atom.